The fraction of sp³-hybridized carbons (Fsp3) is 0.455. The highest BCUT2D eigenvalue weighted by Gasteiger charge is 2.20. The second kappa shape index (κ2) is 8.70. The van der Waals surface area contributed by atoms with Crippen LogP contribution >= 0.6 is 11.3 Å². The molecule has 0 unspecified atom stereocenters. The van der Waals surface area contributed by atoms with Crippen molar-refractivity contribution in [1.82, 2.24) is 4.90 Å². The van der Waals surface area contributed by atoms with E-state index in [1.165, 1.54) is 41.0 Å². The van der Waals surface area contributed by atoms with Crippen molar-refractivity contribution in [2.75, 3.05) is 18.9 Å². The Morgan fingerprint density at radius 3 is 2.59 bits per heavy atom. The lowest BCUT2D eigenvalue weighted by molar-refractivity contribution is -0.116. The van der Waals surface area contributed by atoms with Gasteiger partial charge in [-0.2, -0.15) is 0 Å². The average molecular weight is 385 g/mol. The maximum absolute atomic E-state index is 12.8. The van der Waals surface area contributed by atoms with Gasteiger partial charge in [0.15, 0.2) is 0 Å². The standard InChI is InChI=1S/C22H28N2O2S/c1-15-10-11-16(2)18(12-15)23-21(25)14-24(3)22(26)20-13-17-8-6-4-5-7-9-19(17)27-20/h10-13H,4-9,14H2,1-3H3,(H,23,25). The summed E-state index contributed by atoms with van der Waals surface area (Å²) in [7, 11) is 1.70. The van der Waals surface area contributed by atoms with Gasteiger partial charge in [0.1, 0.15) is 0 Å². The van der Waals surface area contributed by atoms with E-state index < -0.39 is 0 Å². The van der Waals surface area contributed by atoms with Crippen molar-refractivity contribution in [3.63, 3.8) is 0 Å². The molecule has 0 fully saturated rings. The highest BCUT2D eigenvalue weighted by atomic mass is 32.1. The van der Waals surface area contributed by atoms with Gasteiger partial charge >= 0.3 is 0 Å². The molecule has 1 aromatic carbocycles. The number of aryl methyl sites for hydroxylation is 4. The van der Waals surface area contributed by atoms with Crippen molar-refractivity contribution in [2.45, 2.75) is 52.4 Å². The van der Waals surface area contributed by atoms with Gasteiger partial charge < -0.3 is 10.2 Å². The predicted octanol–water partition coefficient (Wildman–Crippen LogP) is 4.73. The number of amides is 2. The molecule has 0 saturated heterocycles. The van der Waals surface area contributed by atoms with E-state index in [2.05, 4.69) is 5.32 Å². The minimum Gasteiger partial charge on any atom is -0.332 e. The van der Waals surface area contributed by atoms with Crippen molar-refractivity contribution in [2.24, 2.45) is 0 Å². The van der Waals surface area contributed by atoms with Gasteiger partial charge in [-0.1, -0.05) is 25.0 Å². The zero-order valence-electron chi connectivity index (χ0n) is 16.4. The molecular formula is C22H28N2O2S. The second-order valence-corrected chi connectivity index (χ2v) is 8.64. The van der Waals surface area contributed by atoms with E-state index in [0.717, 1.165) is 34.5 Å². The largest absolute Gasteiger partial charge is 0.332 e. The number of rotatable bonds is 4. The Balaban J connectivity index is 1.64. The molecule has 5 heteroatoms. The molecular weight excluding hydrogens is 356 g/mol. The average Bonchev–Trinajstić information content (AvgIpc) is 2.99. The third-order valence-corrected chi connectivity index (χ3v) is 6.33. The first-order valence-electron chi connectivity index (χ1n) is 9.68. The molecule has 0 bridgehead atoms. The highest BCUT2D eigenvalue weighted by Crippen LogP contribution is 2.29. The molecule has 3 rings (SSSR count). The number of anilines is 1. The van der Waals surface area contributed by atoms with E-state index in [1.54, 1.807) is 18.4 Å². The Labute approximate surface area is 165 Å². The molecule has 144 valence electrons. The minimum atomic E-state index is -0.172. The third-order valence-electron chi connectivity index (χ3n) is 5.10. The van der Waals surface area contributed by atoms with E-state index in [9.17, 15) is 9.59 Å². The minimum absolute atomic E-state index is 0.0504. The molecule has 0 radical (unpaired) electrons. The lowest BCUT2D eigenvalue weighted by atomic mass is 10.00. The Morgan fingerprint density at radius 1 is 1.07 bits per heavy atom. The molecule has 1 aliphatic carbocycles. The Morgan fingerprint density at radius 2 is 1.81 bits per heavy atom. The van der Waals surface area contributed by atoms with Gasteiger partial charge in [0, 0.05) is 17.6 Å². The van der Waals surface area contributed by atoms with Gasteiger partial charge in [0.2, 0.25) is 5.91 Å². The molecule has 1 aliphatic rings. The maximum Gasteiger partial charge on any atom is 0.264 e. The zero-order chi connectivity index (χ0) is 19.4. The zero-order valence-corrected chi connectivity index (χ0v) is 17.2. The van der Waals surface area contributed by atoms with Crippen LogP contribution in [0.3, 0.4) is 0 Å². The van der Waals surface area contributed by atoms with Gasteiger partial charge in [0.25, 0.3) is 5.91 Å². The molecule has 4 nitrogen and oxygen atoms in total. The highest BCUT2D eigenvalue weighted by molar-refractivity contribution is 7.14. The first-order chi connectivity index (χ1) is 12.9. The van der Waals surface area contributed by atoms with Crippen LogP contribution in [0, 0.1) is 13.8 Å². The summed E-state index contributed by atoms with van der Waals surface area (Å²) in [4.78, 5) is 28.8. The third kappa shape index (κ3) is 4.98. The van der Waals surface area contributed by atoms with Crippen LogP contribution in [0.4, 0.5) is 5.69 Å². The monoisotopic (exact) mass is 384 g/mol. The van der Waals surface area contributed by atoms with Crippen LogP contribution in [0.2, 0.25) is 0 Å². The number of hydrogen-bond acceptors (Lipinski definition) is 3. The van der Waals surface area contributed by atoms with Crippen LogP contribution in [0.25, 0.3) is 0 Å². The quantitative estimate of drug-likeness (QED) is 0.828. The van der Waals surface area contributed by atoms with Gasteiger partial charge in [-0.25, -0.2) is 0 Å². The molecule has 1 heterocycles. The van der Waals surface area contributed by atoms with E-state index in [-0.39, 0.29) is 18.4 Å². The van der Waals surface area contributed by atoms with E-state index in [0.29, 0.717) is 0 Å². The van der Waals surface area contributed by atoms with Crippen LogP contribution in [0.15, 0.2) is 24.3 Å². The van der Waals surface area contributed by atoms with E-state index >= 15 is 0 Å². The normalized spacial score (nSPS) is 14.0. The van der Waals surface area contributed by atoms with Crippen molar-refractivity contribution < 1.29 is 9.59 Å². The molecule has 0 saturated carbocycles. The summed E-state index contributed by atoms with van der Waals surface area (Å²) in [5.74, 6) is -0.239. The molecule has 1 aromatic heterocycles. The van der Waals surface area contributed by atoms with Crippen LogP contribution in [-0.4, -0.2) is 30.3 Å². The first-order valence-corrected chi connectivity index (χ1v) is 10.5. The molecule has 2 amide bonds. The topological polar surface area (TPSA) is 49.4 Å². The summed E-state index contributed by atoms with van der Waals surface area (Å²) in [6.45, 7) is 4.01. The maximum atomic E-state index is 12.8. The summed E-state index contributed by atoms with van der Waals surface area (Å²) < 4.78 is 0. The molecule has 0 atom stereocenters. The lowest BCUT2D eigenvalue weighted by Crippen LogP contribution is -2.34. The number of nitrogens with zero attached hydrogens (tertiary/aromatic N) is 1. The van der Waals surface area contributed by atoms with Crippen LogP contribution < -0.4 is 5.32 Å². The molecule has 2 aromatic rings. The van der Waals surface area contributed by atoms with Crippen molar-refractivity contribution in [1.29, 1.82) is 0 Å². The van der Waals surface area contributed by atoms with Gasteiger partial charge in [-0.05, 0) is 68.4 Å². The number of carbonyl (C=O) groups is 2. The summed E-state index contributed by atoms with van der Waals surface area (Å²) in [5, 5.41) is 2.92. The van der Waals surface area contributed by atoms with Gasteiger partial charge in [0.05, 0.1) is 11.4 Å². The van der Waals surface area contributed by atoms with E-state index in [4.69, 9.17) is 0 Å². The fourth-order valence-electron chi connectivity index (χ4n) is 3.49. The van der Waals surface area contributed by atoms with Crippen LogP contribution in [0.1, 0.15) is 56.9 Å². The van der Waals surface area contributed by atoms with Crippen molar-refractivity contribution in [3.8, 4) is 0 Å². The Hall–Kier alpha value is -2.14. The summed E-state index contributed by atoms with van der Waals surface area (Å²) in [6.07, 6.45) is 7.09. The number of benzene rings is 1. The van der Waals surface area contributed by atoms with Crippen LogP contribution in [0.5, 0.6) is 0 Å². The predicted molar refractivity (Wildman–Crippen MR) is 112 cm³/mol. The summed E-state index contributed by atoms with van der Waals surface area (Å²) in [6, 6.07) is 8.01. The Kier molecular flexibility index (Phi) is 6.32. The number of likely N-dealkylation sites (N-methyl/N-ethyl adjacent to an activating group) is 1. The number of thiophene rings is 1. The Bertz CT molecular complexity index is 815. The number of nitrogens with one attached hydrogen (secondary N) is 1. The number of fused-ring (bicyclic) bond motifs is 1. The summed E-state index contributed by atoms with van der Waals surface area (Å²) in [5.41, 5.74) is 4.24. The van der Waals surface area contributed by atoms with Gasteiger partial charge in [-0.15, -0.1) is 11.3 Å². The van der Waals surface area contributed by atoms with E-state index in [1.807, 2.05) is 38.1 Å². The number of carbonyl (C=O) groups excluding carboxylic acids is 2. The van der Waals surface area contributed by atoms with Gasteiger partial charge in [-0.3, -0.25) is 9.59 Å². The van der Waals surface area contributed by atoms with Crippen molar-refractivity contribution >= 4 is 28.8 Å². The first kappa shape index (κ1) is 19.6. The lowest BCUT2D eigenvalue weighted by Gasteiger charge is -2.17. The molecule has 0 aliphatic heterocycles. The fourth-order valence-corrected chi connectivity index (χ4v) is 4.73. The van der Waals surface area contributed by atoms with Crippen LogP contribution in [-0.2, 0) is 17.6 Å². The SMILES string of the molecule is Cc1ccc(C)c(NC(=O)CN(C)C(=O)c2cc3c(s2)CCCCCC3)c1. The molecule has 0 spiro atoms. The molecule has 1 N–H and O–H groups in total. The summed E-state index contributed by atoms with van der Waals surface area (Å²) >= 11 is 1.61. The molecule has 27 heavy (non-hydrogen) atoms. The smallest absolute Gasteiger partial charge is 0.264 e. The van der Waals surface area contributed by atoms with Crippen molar-refractivity contribution in [3.05, 3.63) is 50.7 Å². The second-order valence-electron chi connectivity index (χ2n) is 7.50. The number of hydrogen-bond donors (Lipinski definition) is 1.